The lowest BCUT2D eigenvalue weighted by Crippen LogP contribution is -2.54. The summed E-state index contributed by atoms with van der Waals surface area (Å²) >= 11 is 0. The van der Waals surface area contributed by atoms with E-state index in [1.807, 2.05) is 6.92 Å². The van der Waals surface area contributed by atoms with Gasteiger partial charge in [0, 0.05) is 12.8 Å². The van der Waals surface area contributed by atoms with Gasteiger partial charge in [-0.05, 0) is 98.7 Å². The van der Waals surface area contributed by atoms with Crippen LogP contribution in [0.2, 0.25) is 0 Å². The van der Waals surface area contributed by atoms with Gasteiger partial charge in [0.15, 0.2) is 0 Å². The van der Waals surface area contributed by atoms with Gasteiger partial charge in [-0.15, -0.1) is 0 Å². The fraction of sp³-hybridized carbons (Fsp3) is 0.917. The van der Waals surface area contributed by atoms with Gasteiger partial charge >= 0.3 is 5.97 Å². The van der Waals surface area contributed by atoms with E-state index in [9.17, 15) is 9.59 Å². The number of carbonyl (C=O) groups excluding carboxylic acids is 2. The van der Waals surface area contributed by atoms with Gasteiger partial charge < -0.3 is 4.74 Å². The van der Waals surface area contributed by atoms with Crippen LogP contribution in [0, 0.1) is 46.3 Å². The summed E-state index contributed by atoms with van der Waals surface area (Å²) in [6, 6.07) is 0. The Hall–Kier alpha value is -0.860. The monoisotopic (exact) mass is 374 g/mol. The van der Waals surface area contributed by atoms with Gasteiger partial charge in [0.2, 0.25) is 0 Å². The first-order valence-electron chi connectivity index (χ1n) is 11.3. The molecule has 0 aromatic heterocycles. The third-order valence-corrected chi connectivity index (χ3v) is 9.73. The highest BCUT2D eigenvalue weighted by Crippen LogP contribution is 2.68. The maximum absolute atomic E-state index is 12.5. The Morgan fingerprint density at radius 1 is 0.889 bits per heavy atom. The molecule has 3 heteroatoms. The molecule has 0 amide bonds. The van der Waals surface area contributed by atoms with Gasteiger partial charge in [-0.3, -0.25) is 9.59 Å². The molecule has 0 aromatic carbocycles. The van der Waals surface area contributed by atoms with Gasteiger partial charge in [0.1, 0.15) is 11.9 Å². The predicted octanol–water partition coefficient (Wildman–Crippen LogP) is 5.41. The molecule has 0 aromatic rings. The fourth-order valence-corrected chi connectivity index (χ4v) is 8.79. The van der Waals surface area contributed by atoms with E-state index in [1.54, 1.807) is 6.92 Å². The van der Waals surface area contributed by atoms with Crippen molar-refractivity contribution in [2.45, 2.75) is 92.1 Å². The average molecular weight is 375 g/mol. The van der Waals surface area contributed by atoms with E-state index in [4.69, 9.17) is 4.74 Å². The van der Waals surface area contributed by atoms with Crippen LogP contribution < -0.4 is 0 Å². The highest BCUT2D eigenvalue weighted by atomic mass is 16.5. The maximum atomic E-state index is 12.5. The number of ether oxygens (including phenoxy) is 1. The highest BCUT2D eigenvalue weighted by molar-refractivity contribution is 5.80. The van der Waals surface area contributed by atoms with Crippen LogP contribution in [-0.4, -0.2) is 17.9 Å². The van der Waals surface area contributed by atoms with Crippen molar-refractivity contribution in [2.75, 3.05) is 0 Å². The lowest BCUT2D eigenvalue weighted by atomic mass is 9.44. The summed E-state index contributed by atoms with van der Waals surface area (Å²) in [6.07, 6.45) is 9.79. The van der Waals surface area contributed by atoms with Crippen molar-refractivity contribution in [1.82, 2.24) is 0 Å². The van der Waals surface area contributed by atoms with Crippen molar-refractivity contribution in [3.05, 3.63) is 0 Å². The second-order valence-electron chi connectivity index (χ2n) is 11.0. The van der Waals surface area contributed by atoms with E-state index in [0.717, 1.165) is 30.6 Å². The molecule has 0 radical (unpaired) electrons. The van der Waals surface area contributed by atoms with E-state index < -0.39 is 0 Å². The second kappa shape index (κ2) is 6.59. The number of esters is 1. The standard InChI is InChI=1S/C24H38O3/c1-14-12-21-19-7-6-17-13-18(27-16(3)26)8-10-23(17,4)20(19)9-11-24(21,5)22(14)15(2)25/h14,17-22H,6-13H2,1-5H3/t14-,17+,18+,19-,20+,21+,22?,23+,24+/m1/s1. The molecule has 0 N–H and O–H groups in total. The molecule has 4 rings (SSSR count). The number of Topliss-reactive ketones (excluding diaryl/α,β-unsaturated/α-hetero) is 1. The van der Waals surface area contributed by atoms with Crippen LogP contribution in [0.4, 0.5) is 0 Å². The lowest BCUT2D eigenvalue weighted by Gasteiger charge is -2.61. The van der Waals surface area contributed by atoms with Crippen molar-refractivity contribution >= 4 is 11.8 Å². The van der Waals surface area contributed by atoms with Gasteiger partial charge in [0.25, 0.3) is 0 Å². The predicted molar refractivity (Wildman–Crippen MR) is 106 cm³/mol. The molecule has 9 atom stereocenters. The Bertz CT molecular complexity index is 627. The number of hydrogen-bond acceptors (Lipinski definition) is 3. The van der Waals surface area contributed by atoms with E-state index >= 15 is 0 Å². The summed E-state index contributed by atoms with van der Waals surface area (Å²) in [7, 11) is 0. The smallest absolute Gasteiger partial charge is 0.302 e. The number of hydrogen-bond donors (Lipinski definition) is 0. The average Bonchev–Trinajstić information content (AvgIpc) is 2.85. The molecule has 4 saturated carbocycles. The molecular formula is C24H38O3. The normalized spacial score (nSPS) is 51.7. The van der Waals surface area contributed by atoms with Crippen LogP contribution in [0.25, 0.3) is 0 Å². The molecule has 0 saturated heterocycles. The Balaban J connectivity index is 1.56. The third-order valence-electron chi connectivity index (χ3n) is 9.73. The first-order chi connectivity index (χ1) is 12.7. The number of carbonyl (C=O) groups is 2. The van der Waals surface area contributed by atoms with Crippen LogP contribution in [-0.2, 0) is 14.3 Å². The van der Waals surface area contributed by atoms with Crippen LogP contribution in [0.3, 0.4) is 0 Å². The lowest BCUT2D eigenvalue weighted by molar-refractivity contribution is -0.161. The van der Waals surface area contributed by atoms with Gasteiger partial charge in [0.05, 0.1) is 0 Å². The minimum absolute atomic E-state index is 0.124. The van der Waals surface area contributed by atoms with Crippen molar-refractivity contribution in [3.8, 4) is 0 Å². The van der Waals surface area contributed by atoms with Crippen molar-refractivity contribution < 1.29 is 14.3 Å². The third kappa shape index (κ3) is 2.90. The number of fused-ring (bicyclic) bond motifs is 5. The van der Waals surface area contributed by atoms with Crippen LogP contribution in [0.5, 0.6) is 0 Å². The Morgan fingerprint density at radius 3 is 2.26 bits per heavy atom. The molecule has 27 heavy (non-hydrogen) atoms. The quantitative estimate of drug-likeness (QED) is 0.607. The van der Waals surface area contributed by atoms with Gasteiger partial charge in [-0.2, -0.15) is 0 Å². The van der Waals surface area contributed by atoms with Crippen molar-refractivity contribution in [2.24, 2.45) is 46.3 Å². The second-order valence-corrected chi connectivity index (χ2v) is 11.0. The summed E-state index contributed by atoms with van der Waals surface area (Å²) in [5, 5.41) is 0. The van der Waals surface area contributed by atoms with Crippen molar-refractivity contribution in [3.63, 3.8) is 0 Å². The zero-order valence-corrected chi connectivity index (χ0v) is 17.9. The minimum atomic E-state index is -0.124. The largest absolute Gasteiger partial charge is 0.463 e. The van der Waals surface area contributed by atoms with E-state index in [2.05, 4.69) is 20.8 Å². The molecule has 4 fully saturated rings. The topological polar surface area (TPSA) is 43.4 Å². The molecule has 4 aliphatic rings. The molecule has 0 bridgehead atoms. The van der Waals surface area contributed by atoms with Crippen molar-refractivity contribution in [1.29, 1.82) is 0 Å². The molecule has 1 unspecified atom stereocenters. The summed E-state index contributed by atoms with van der Waals surface area (Å²) in [5.74, 6) is 4.13. The van der Waals surface area contributed by atoms with E-state index in [-0.39, 0.29) is 23.4 Å². The molecule has 152 valence electrons. The van der Waals surface area contributed by atoms with Gasteiger partial charge in [-0.1, -0.05) is 20.8 Å². The molecule has 0 spiro atoms. The zero-order chi connectivity index (χ0) is 19.6. The van der Waals surface area contributed by atoms with Crippen LogP contribution in [0.15, 0.2) is 0 Å². The van der Waals surface area contributed by atoms with E-state index in [1.165, 1.54) is 38.5 Å². The first-order valence-corrected chi connectivity index (χ1v) is 11.3. The molecular weight excluding hydrogens is 336 g/mol. The molecule has 4 aliphatic carbocycles. The number of rotatable bonds is 2. The fourth-order valence-electron chi connectivity index (χ4n) is 8.79. The first kappa shape index (κ1) is 19.5. The van der Waals surface area contributed by atoms with E-state index in [0.29, 0.717) is 23.0 Å². The summed E-state index contributed by atoms with van der Waals surface area (Å²) in [6.45, 7) is 10.7. The molecule has 3 nitrogen and oxygen atoms in total. The Labute approximate surface area is 165 Å². The van der Waals surface area contributed by atoms with Crippen LogP contribution in [0.1, 0.15) is 86.0 Å². The summed E-state index contributed by atoms with van der Waals surface area (Å²) in [5.41, 5.74) is 0.628. The number of ketones is 1. The maximum Gasteiger partial charge on any atom is 0.302 e. The summed E-state index contributed by atoms with van der Waals surface area (Å²) < 4.78 is 5.58. The summed E-state index contributed by atoms with van der Waals surface area (Å²) in [4.78, 5) is 23.9. The van der Waals surface area contributed by atoms with Gasteiger partial charge in [-0.25, -0.2) is 0 Å². The minimum Gasteiger partial charge on any atom is -0.463 e. The highest BCUT2D eigenvalue weighted by Gasteiger charge is 2.62. The SMILES string of the molecule is CC(=O)O[C@H]1CC[C@@]2(C)[C@@H](CC[C@@H]3[C@@H]2CC[C@]2(C)C(C(C)=O)[C@H](C)C[C@@H]32)C1. The van der Waals surface area contributed by atoms with Crippen LogP contribution >= 0.6 is 0 Å². The Morgan fingerprint density at radius 2 is 1.59 bits per heavy atom. The zero-order valence-electron chi connectivity index (χ0n) is 17.9. The molecule has 0 heterocycles. The molecule has 0 aliphatic heterocycles. The Kier molecular flexibility index (Phi) is 4.75.